The summed E-state index contributed by atoms with van der Waals surface area (Å²) >= 11 is 0. The van der Waals surface area contributed by atoms with Gasteiger partial charge < -0.3 is 14.8 Å². The molecular weight excluding hydrogens is 278 g/mol. The van der Waals surface area contributed by atoms with Crippen molar-refractivity contribution in [3.05, 3.63) is 49.0 Å². The molecule has 0 saturated heterocycles. The molecule has 1 aromatic carbocycles. The van der Waals surface area contributed by atoms with Gasteiger partial charge in [0.1, 0.15) is 10.8 Å². The van der Waals surface area contributed by atoms with Gasteiger partial charge in [-0.2, -0.15) is 0 Å². The summed E-state index contributed by atoms with van der Waals surface area (Å²) in [5.74, 6) is -0.606. The fourth-order valence-electron chi connectivity index (χ4n) is 1.85. The average Bonchev–Trinajstić information content (AvgIpc) is 2.67. The number of H-pyrrole nitrogens is 1. The molecule has 110 valence electrons. The van der Waals surface area contributed by atoms with Gasteiger partial charge >= 0.3 is 5.69 Å². The van der Waals surface area contributed by atoms with Crippen LogP contribution in [0.5, 0.6) is 11.5 Å². The number of rotatable bonds is 3. The van der Waals surface area contributed by atoms with E-state index in [1.807, 2.05) is 0 Å². The molecule has 8 nitrogen and oxygen atoms in total. The van der Waals surface area contributed by atoms with E-state index in [0.717, 1.165) is 6.07 Å². The third-order valence-corrected chi connectivity index (χ3v) is 3.02. The lowest BCUT2D eigenvalue weighted by molar-refractivity contribution is -0.386. The first-order valence-corrected chi connectivity index (χ1v) is 5.86. The number of nitro benzene ring substituents is 1. The molecule has 21 heavy (non-hydrogen) atoms. The minimum absolute atomic E-state index is 0.0475. The second-order valence-electron chi connectivity index (χ2n) is 4.34. The first kappa shape index (κ1) is 14.4. The highest BCUT2D eigenvalue weighted by atomic mass is 16.6. The predicted octanol–water partition coefficient (Wildman–Crippen LogP) is -0.425. The molecular formula is C13H13N3O5. The van der Waals surface area contributed by atoms with Crippen LogP contribution in [-0.4, -0.2) is 26.7 Å². The Morgan fingerprint density at radius 2 is 2.19 bits per heavy atom. The van der Waals surface area contributed by atoms with Crippen molar-refractivity contribution in [2.24, 2.45) is 7.05 Å². The molecule has 0 fully saturated rings. The van der Waals surface area contributed by atoms with Crippen LogP contribution in [0, 0.1) is 10.1 Å². The molecule has 0 atom stereocenters. The van der Waals surface area contributed by atoms with E-state index < -0.39 is 16.4 Å². The van der Waals surface area contributed by atoms with E-state index in [1.54, 1.807) is 7.05 Å². The molecule has 0 spiro atoms. The second kappa shape index (κ2) is 5.16. The maximum absolute atomic E-state index is 11.9. The molecule has 0 radical (unpaired) electrons. The molecule has 0 bridgehead atoms. The molecule has 1 heterocycles. The summed E-state index contributed by atoms with van der Waals surface area (Å²) in [5, 5.41) is 20.8. The number of benzene rings is 1. The minimum Gasteiger partial charge on any atom is -0.500 e. The number of aromatic hydroxyl groups is 1. The molecule has 2 aromatic rings. The van der Waals surface area contributed by atoms with Gasteiger partial charge in [-0.15, -0.1) is 0 Å². The Balaban J connectivity index is 2.73. The Bertz CT molecular complexity index is 878. The van der Waals surface area contributed by atoms with Crippen molar-refractivity contribution in [3.63, 3.8) is 0 Å². The molecule has 0 aliphatic heterocycles. The molecule has 0 aliphatic rings. The van der Waals surface area contributed by atoms with Crippen LogP contribution in [0.4, 0.5) is 5.69 Å². The van der Waals surface area contributed by atoms with E-state index in [2.05, 4.69) is 11.6 Å². The first-order valence-electron chi connectivity index (χ1n) is 5.86. The van der Waals surface area contributed by atoms with Crippen molar-refractivity contribution in [3.8, 4) is 11.5 Å². The summed E-state index contributed by atoms with van der Waals surface area (Å²) < 4.78 is 6.21. The average molecular weight is 291 g/mol. The van der Waals surface area contributed by atoms with E-state index in [9.17, 15) is 20.0 Å². The third-order valence-electron chi connectivity index (χ3n) is 3.02. The zero-order chi connectivity index (χ0) is 15.7. The number of nitrogens with zero attached hydrogens (tertiary/aromatic N) is 2. The number of aromatic amines is 1. The highest BCUT2D eigenvalue weighted by Gasteiger charge is 2.19. The Morgan fingerprint density at radius 3 is 2.67 bits per heavy atom. The number of nitrogens with one attached hydrogen (secondary N) is 1. The van der Waals surface area contributed by atoms with Crippen molar-refractivity contribution in [1.29, 1.82) is 0 Å². The normalized spacial score (nSPS) is 11.6. The fourth-order valence-corrected chi connectivity index (χ4v) is 1.85. The maximum Gasteiger partial charge on any atom is 0.315 e. The summed E-state index contributed by atoms with van der Waals surface area (Å²) in [7, 11) is 2.84. The maximum atomic E-state index is 11.9. The summed E-state index contributed by atoms with van der Waals surface area (Å²) in [4.78, 5) is 24.8. The SMILES string of the molecule is C=c1[nH]/c(=C\c2cc(OC)c(O)c([N+](=O)[O-])c2)c(=O)n1C. The summed E-state index contributed by atoms with van der Waals surface area (Å²) in [6.07, 6.45) is 1.42. The van der Waals surface area contributed by atoms with Crippen molar-refractivity contribution < 1.29 is 14.8 Å². The van der Waals surface area contributed by atoms with Crippen molar-refractivity contribution in [1.82, 2.24) is 9.55 Å². The van der Waals surface area contributed by atoms with Crippen LogP contribution in [0.3, 0.4) is 0 Å². The van der Waals surface area contributed by atoms with Gasteiger partial charge in [-0.05, 0) is 17.7 Å². The Labute approximate surface area is 118 Å². The number of nitro groups is 1. The number of ether oxygens (including phenoxy) is 1. The Hall–Kier alpha value is -3.03. The monoisotopic (exact) mass is 291 g/mol. The molecule has 2 N–H and O–H groups in total. The van der Waals surface area contributed by atoms with E-state index >= 15 is 0 Å². The van der Waals surface area contributed by atoms with Gasteiger partial charge in [-0.25, -0.2) is 0 Å². The second-order valence-corrected chi connectivity index (χ2v) is 4.34. The van der Waals surface area contributed by atoms with Crippen molar-refractivity contribution in [2.75, 3.05) is 7.11 Å². The third kappa shape index (κ3) is 2.50. The van der Waals surface area contributed by atoms with Crippen LogP contribution in [0.2, 0.25) is 0 Å². The molecule has 1 aromatic heterocycles. The lowest BCUT2D eigenvalue weighted by atomic mass is 10.1. The number of phenolic OH excluding ortho intramolecular Hbond substituents is 1. The van der Waals surface area contributed by atoms with Gasteiger partial charge in [0.25, 0.3) is 5.56 Å². The predicted molar refractivity (Wildman–Crippen MR) is 75.7 cm³/mol. The molecule has 0 aliphatic carbocycles. The molecule has 8 heteroatoms. The minimum atomic E-state index is -0.727. The number of aromatic nitrogens is 2. The van der Waals surface area contributed by atoms with Crippen molar-refractivity contribution in [2.45, 2.75) is 0 Å². The van der Waals surface area contributed by atoms with Crippen LogP contribution in [0.15, 0.2) is 16.9 Å². The number of methoxy groups -OCH3 is 1. The van der Waals surface area contributed by atoms with Gasteiger partial charge in [-0.3, -0.25) is 19.5 Å². The van der Waals surface area contributed by atoms with Gasteiger partial charge in [-0.1, -0.05) is 6.58 Å². The number of phenols is 1. The molecule has 2 rings (SSSR count). The molecule has 0 unspecified atom stereocenters. The topological polar surface area (TPSA) is 110 Å². The van der Waals surface area contributed by atoms with E-state index in [4.69, 9.17) is 4.74 Å². The van der Waals surface area contributed by atoms with Gasteiger partial charge in [0.15, 0.2) is 5.75 Å². The Kier molecular flexibility index (Phi) is 3.53. The van der Waals surface area contributed by atoms with E-state index in [1.165, 1.54) is 23.8 Å². The zero-order valence-corrected chi connectivity index (χ0v) is 11.4. The standard InChI is InChI=1S/C13H13N3O5/c1-7-14-9(13(18)15(7)2)4-8-5-10(16(19)20)12(17)11(6-8)21-3/h4-6,14,17H,1H2,2-3H3/b9-4-. The lowest BCUT2D eigenvalue weighted by Crippen LogP contribution is -2.28. The van der Waals surface area contributed by atoms with Crippen LogP contribution in [-0.2, 0) is 7.05 Å². The van der Waals surface area contributed by atoms with Crippen molar-refractivity contribution >= 4 is 18.3 Å². The Morgan fingerprint density at radius 1 is 1.52 bits per heavy atom. The molecule has 0 amide bonds. The van der Waals surface area contributed by atoms with Gasteiger partial charge in [0.05, 0.1) is 12.0 Å². The summed E-state index contributed by atoms with van der Waals surface area (Å²) in [6, 6.07) is 2.55. The van der Waals surface area contributed by atoms with Gasteiger partial charge in [0, 0.05) is 13.1 Å². The number of hydrogen-bond acceptors (Lipinski definition) is 5. The largest absolute Gasteiger partial charge is 0.500 e. The highest BCUT2D eigenvalue weighted by molar-refractivity contribution is 5.64. The van der Waals surface area contributed by atoms with Crippen LogP contribution >= 0.6 is 0 Å². The summed E-state index contributed by atoms with van der Waals surface area (Å²) in [6.45, 7) is 3.65. The van der Waals surface area contributed by atoms with Crippen LogP contribution < -0.4 is 21.1 Å². The molecule has 0 saturated carbocycles. The smallest absolute Gasteiger partial charge is 0.315 e. The van der Waals surface area contributed by atoms with Crippen LogP contribution in [0.1, 0.15) is 5.56 Å². The summed E-state index contributed by atoms with van der Waals surface area (Å²) in [5.41, 5.74) is -0.0599. The fraction of sp³-hybridized carbons (Fsp3) is 0.154. The lowest BCUT2D eigenvalue weighted by Gasteiger charge is -2.04. The zero-order valence-electron chi connectivity index (χ0n) is 11.4. The number of imidazole rings is 1. The highest BCUT2D eigenvalue weighted by Crippen LogP contribution is 2.36. The number of hydrogen-bond donors (Lipinski definition) is 2. The quantitative estimate of drug-likeness (QED) is 0.589. The van der Waals surface area contributed by atoms with E-state index in [0.29, 0.717) is 11.0 Å². The van der Waals surface area contributed by atoms with E-state index in [-0.39, 0.29) is 16.7 Å². The first-order chi connectivity index (χ1) is 9.85. The van der Waals surface area contributed by atoms with Gasteiger partial charge in [0.2, 0.25) is 5.75 Å². The van der Waals surface area contributed by atoms with Crippen LogP contribution in [0.25, 0.3) is 12.7 Å².